The maximum atomic E-state index is 12.8. The Morgan fingerprint density at radius 1 is 1.10 bits per heavy atom. The molecule has 0 spiro atoms. The second-order valence-corrected chi connectivity index (χ2v) is 9.78. The summed E-state index contributed by atoms with van der Waals surface area (Å²) in [7, 11) is -3.47. The zero-order chi connectivity index (χ0) is 21.0. The maximum absolute atomic E-state index is 12.8. The van der Waals surface area contributed by atoms with Crippen molar-refractivity contribution in [2.75, 3.05) is 13.1 Å². The number of nitrogens with zero attached hydrogens (tertiary/aromatic N) is 3. The van der Waals surface area contributed by atoms with Gasteiger partial charge < -0.3 is 5.11 Å². The number of piperidine rings is 1. The molecule has 6 nitrogen and oxygen atoms in total. The molecule has 0 saturated carbocycles. The first-order chi connectivity index (χ1) is 13.8. The van der Waals surface area contributed by atoms with E-state index in [2.05, 4.69) is 31.0 Å². The number of aromatic hydroxyl groups is 1. The summed E-state index contributed by atoms with van der Waals surface area (Å²) in [5, 5.41) is 18.4. The summed E-state index contributed by atoms with van der Waals surface area (Å²) < 4.78 is 27.2. The van der Waals surface area contributed by atoms with Crippen LogP contribution in [0.2, 0.25) is 0 Å². The van der Waals surface area contributed by atoms with E-state index in [9.17, 15) is 13.5 Å². The van der Waals surface area contributed by atoms with Gasteiger partial charge in [0.05, 0.1) is 10.6 Å². The van der Waals surface area contributed by atoms with Gasteiger partial charge in [-0.1, -0.05) is 26.8 Å². The molecule has 156 valence electrons. The molecule has 1 N–H and O–H groups in total. The van der Waals surface area contributed by atoms with Crippen molar-refractivity contribution in [3.63, 3.8) is 0 Å². The summed E-state index contributed by atoms with van der Waals surface area (Å²) >= 11 is 0. The minimum absolute atomic E-state index is 0.0688. The zero-order valence-electron chi connectivity index (χ0n) is 17.2. The summed E-state index contributed by atoms with van der Waals surface area (Å²) in [5.41, 5.74) is 2.03. The minimum Gasteiger partial charge on any atom is -0.506 e. The number of azo groups is 1. The topological polar surface area (TPSA) is 82.3 Å². The van der Waals surface area contributed by atoms with E-state index in [1.165, 1.54) is 0 Å². The Bertz CT molecular complexity index is 963. The molecule has 0 bridgehead atoms. The molecule has 1 fully saturated rings. The third kappa shape index (κ3) is 5.03. The summed E-state index contributed by atoms with van der Waals surface area (Å²) in [6.45, 7) is 7.52. The van der Waals surface area contributed by atoms with Crippen LogP contribution in [0.4, 0.5) is 11.4 Å². The number of phenolic OH excluding ortho intramolecular Hbond substituents is 1. The first-order valence-corrected chi connectivity index (χ1v) is 11.6. The lowest BCUT2D eigenvalue weighted by molar-refractivity contribution is 0.288. The summed E-state index contributed by atoms with van der Waals surface area (Å²) in [6.07, 6.45) is 2.78. The Kier molecular flexibility index (Phi) is 6.70. The molecule has 1 saturated heterocycles. The average molecular weight is 416 g/mol. The minimum atomic E-state index is -3.47. The second-order valence-electron chi connectivity index (χ2n) is 7.84. The Morgan fingerprint density at radius 3 is 2.38 bits per heavy atom. The quantitative estimate of drug-likeness (QED) is 0.611. The largest absolute Gasteiger partial charge is 0.506 e. The second kappa shape index (κ2) is 9.05. The van der Waals surface area contributed by atoms with E-state index in [-0.39, 0.29) is 10.6 Å². The maximum Gasteiger partial charge on any atom is 0.243 e. The van der Waals surface area contributed by atoms with Gasteiger partial charge in [-0.25, -0.2) is 8.42 Å². The van der Waals surface area contributed by atoms with Crippen LogP contribution in [0, 0.1) is 5.92 Å². The monoisotopic (exact) mass is 415 g/mol. The molecule has 1 heterocycles. The summed E-state index contributed by atoms with van der Waals surface area (Å²) in [5.74, 6) is 1.01. The van der Waals surface area contributed by atoms with Crippen LogP contribution in [0.5, 0.6) is 5.75 Å². The van der Waals surface area contributed by atoms with E-state index in [0.717, 1.165) is 24.8 Å². The van der Waals surface area contributed by atoms with E-state index in [1.807, 2.05) is 12.1 Å². The van der Waals surface area contributed by atoms with Crippen molar-refractivity contribution in [3.05, 3.63) is 48.0 Å². The van der Waals surface area contributed by atoms with Crippen molar-refractivity contribution in [1.82, 2.24) is 4.31 Å². The van der Waals surface area contributed by atoms with Gasteiger partial charge >= 0.3 is 0 Å². The van der Waals surface area contributed by atoms with Gasteiger partial charge in [-0.2, -0.15) is 9.42 Å². The van der Waals surface area contributed by atoms with Gasteiger partial charge in [0.1, 0.15) is 11.4 Å². The molecule has 3 rings (SSSR count). The van der Waals surface area contributed by atoms with Crippen LogP contribution in [0.1, 0.15) is 51.5 Å². The highest BCUT2D eigenvalue weighted by Crippen LogP contribution is 2.33. The number of hydrogen-bond acceptors (Lipinski definition) is 5. The van der Waals surface area contributed by atoms with Gasteiger partial charge in [-0.3, -0.25) is 0 Å². The molecule has 1 aliphatic heterocycles. The number of benzene rings is 2. The highest BCUT2D eigenvalue weighted by atomic mass is 32.2. The smallest absolute Gasteiger partial charge is 0.243 e. The average Bonchev–Trinajstić information content (AvgIpc) is 2.73. The van der Waals surface area contributed by atoms with Crippen LogP contribution in [0.3, 0.4) is 0 Å². The molecular weight excluding hydrogens is 386 g/mol. The van der Waals surface area contributed by atoms with Crippen LogP contribution in [0.25, 0.3) is 0 Å². The third-order valence-electron chi connectivity index (χ3n) is 5.67. The van der Waals surface area contributed by atoms with Crippen molar-refractivity contribution in [2.45, 2.75) is 50.8 Å². The van der Waals surface area contributed by atoms with Crippen LogP contribution < -0.4 is 0 Å². The SMILES string of the molecule is CCC(C)c1ccc(O)c(N=Nc2ccc(S(=O)(=O)N3CCC(C)CC3)cc2)c1. The van der Waals surface area contributed by atoms with Crippen LogP contribution >= 0.6 is 0 Å². The lowest BCUT2D eigenvalue weighted by atomic mass is 9.98. The van der Waals surface area contributed by atoms with Gasteiger partial charge in [0.2, 0.25) is 10.0 Å². The molecule has 1 atom stereocenters. The third-order valence-corrected chi connectivity index (χ3v) is 7.58. The molecule has 2 aromatic carbocycles. The molecule has 2 aromatic rings. The molecule has 0 aromatic heterocycles. The number of sulfonamides is 1. The fraction of sp³-hybridized carbons (Fsp3) is 0.455. The standard InChI is InChI=1S/C22H29N3O3S/c1-4-17(3)18-5-10-22(26)21(15-18)24-23-19-6-8-20(9-7-19)29(27,28)25-13-11-16(2)12-14-25/h5-10,15-17,26H,4,11-14H2,1-3H3. The molecule has 29 heavy (non-hydrogen) atoms. The summed E-state index contributed by atoms with van der Waals surface area (Å²) in [6, 6.07) is 11.8. The fourth-order valence-electron chi connectivity index (χ4n) is 3.33. The van der Waals surface area contributed by atoms with Crippen LogP contribution in [-0.4, -0.2) is 30.9 Å². The normalized spacial score (nSPS) is 17.6. The van der Waals surface area contributed by atoms with E-state index in [4.69, 9.17) is 0 Å². The predicted octanol–water partition coefficient (Wildman–Crippen LogP) is 5.74. The van der Waals surface area contributed by atoms with Crippen LogP contribution in [0.15, 0.2) is 57.6 Å². The lowest BCUT2D eigenvalue weighted by Gasteiger charge is -2.29. The first-order valence-electron chi connectivity index (χ1n) is 10.2. The van der Waals surface area contributed by atoms with Gasteiger partial charge in [0, 0.05) is 13.1 Å². The molecule has 0 amide bonds. The Balaban J connectivity index is 1.76. The fourth-order valence-corrected chi connectivity index (χ4v) is 4.80. The Hall–Kier alpha value is -2.25. The van der Waals surface area contributed by atoms with Crippen molar-refractivity contribution in [3.8, 4) is 5.75 Å². The highest BCUT2D eigenvalue weighted by Gasteiger charge is 2.27. The lowest BCUT2D eigenvalue weighted by Crippen LogP contribution is -2.37. The highest BCUT2D eigenvalue weighted by molar-refractivity contribution is 7.89. The van der Waals surface area contributed by atoms with Crippen molar-refractivity contribution in [1.29, 1.82) is 0 Å². The van der Waals surface area contributed by atoms with E-state index in [0.29, 0.717) is 36.3 Å². The molecule has 0 aliphatic carbocycles. The molecule has 7 heteroatoms. The molecule has 1 unspecified atom stereocenters. The molecular formula is C22H29N3O3S. The van der Waals surface area contributed by atoms with Gasteiger partial charge in [-0.05, 0) is 73.1 Å². The van der Waals surface area contributed by atoms with E-state index in [1.54, 1.807) is 34.6 Å². The number of phenols is 1. The Labute approximate surface area is 173 Å². The number of hydrogen-bond donors (Lipinski definition) is 1. The molecule has 1 aliphatic rings. The summed E-state index contributed by atoms with van der Waals surface area (Å²) in [4.78, 5) is 0.271. The van der Waals surface area contributed by atoms with Crippen LogP contribution in [-0.2, 0) is 10.0 Å². The predicted molar refractivity (Wildman–Crippen MR) is 115 cm³/mol. The first kappa shape index (κ1) is 21.5. The Morgan fingerprint density at radius 2 is 1.76 bits per heavy atom. The van der Waals surface area contributed by atoms with Gasteiger partial charge in [-0.15, -0.1) is 5.11 Å². The van der Waals surface area contributed by atoms with Crippen molar-refractivity contribution >= 4 is 21.4 Å². The molecule has 0 radical (unpaired) electrons. The van der Waals surface area contributed by atoms with Crippen molar-refractivity contribution in [2.24, 2.45) is 16.1 Å². The zero-order valence-corrected chi connectivity index (χ0v) is 18.1. The number of rotatable bonds is 6. The van der Waals surface area contributed by atoms with Gasteiger partial charge in [0.25, 0.3) is 0 Å². The van der Waals surface area contributed by atoms with Gasteiger partial charge in [0.15, 0.2) is 0 Å². The van der Waals surface area contributed by atoms with Crippen molar-refractivity contribution < 1.29 is 13.5 Å². The van der Waals surface area contributed by atoms with E-state index < -0.39 is 10.0 Å². The van der Waals surface area contributed by atoms with E-state index >= 15 is 0 Å².